The summed E-state index contributed by atoms with van der Waals surface area (Å²) in [5.74, 6) is 2.34. The van der Waals surface area contributed by atoms with Gasteiger partial charge in [-0.3, -0.25) is 4.70 Å². The number of hydrogen-bond acceptors (Lipinski definition) is 5. The van der Waals surface area contributed by atoms with Crippen molar-refractivity contribution in [3.05, 3.63) is 88.3 Å². The zero-order valence-electron chi connectivity index (χ0n) is 17.9. The molecule has 0 spiro atoms. The minimum atomic E-state index is -3.00. The standard InChI is InChI=1S/C16H13F4N5S.C6H5F.FH.H2O/c17-15(18)13-5-4-12(26-13)3-1-11-2-6-14(21-9-11)16(19,20)7-8-25-10-22-23-24-25;7-6-4-2-1-3-5-6;;/h2,4-6,9-10,14-15,21H,7-8H2;1-5H;1H;1H2. The highest BCUT2D eigenvalue weighted by atomic mass is 32.1. The van der Waals surface area contributed by atoms with E-state index >= 15 is 0 Å². The van der Waals surface area contributed by atoms with E-state index in [0.29, 0.717) is 10.5 Å². The second kappa shape index (κ2) is 13.9. The van der Waals surface area contributed by atoms with Gasteiger partial charge in [0, 0.05) is 18.2 Å². The molecule has 6 nitrogen and oxygen atoms in total. The van der Waals surface area contributed by atoms with Crippen molar-refractivity contribution in [3.8, 4) is 11.8 Å². The summed E-state index contributed by atoms with van der Waals surface area (Å²) in [6.07, 6.45) is 2.54. The molecule has 0 saturated carbocycles. The number of aryl methyl sites for hydroxylation is 1. The van der Waals surface area contributed by atoms with Crippen molar-refractivity contribution < 1.29 is 32.1 Å². The van der Waals surface area contributed by atoms with E-state index in [1.165, 1.54) is 53.6 Å². The SMILES string of the molecule is F.FC(F)c1ccc(C#CC2=CNC(C(F)(F)CCn3cnnn3)C=C2)s1.Fc1ccccc1.O. The Morgan fingerprint density at radius 2 is 1.86 bits per heavy atom. The van der Waals surface area contributed by atoms with Gasteiger partial charge in [0.25, 0.3) is 12.3 Å². The quantitative estimate of drug-likeness (QED) is 0.404. The summed E-state index contributed by atoms with van der Waals surface area (Å²) in [6, 6.07) is 9.60. The number of aromatic nitrogens is 4. The molecule has 3 aromatic rings. The number of halogens is 6. The highest BCUT2D eigenvalue weighted by molar-refractivity contribution is 7.12. The Balaban J connectivity index is 0.000000588. The molecule has 13 heteroatoms. The van der Waals surface area contributed by atoms with Crippen LogP contribution in [0.1, 0.15) is 22.6 Å². The summed E-state index contributed by atoms with van der Waals surface area (Å²) >= 11 is 0.906. The van der Waals surface area contributed by atoms with Crippen molar-refractivity contribution in [2.45, 2.75) is 31.4 Å². The molecule has 1 atom stereocenters. The molecule has 4 rings (SSSR count). The lowest BCUT2D eigenvalue weighted by Crippen LogP contribution is -2.43. The van der Waals surface area contributed by atoms with Gasteiger partial charge in [-0.05, 0) is 40.8 Å². The minimum absolute atomic E-state index is 0. The Kier molecular flexibility index (Phi) is 11.7. The molecule has 3 heterocycles. The van der Waals surface area contributed by atoms with Crippen molar-refractivity contribution in [3.63, 3.8) is 0 Å². The normalized spacial score (nSPS) is 14.2. The monoisotopic (exact) mass is 517 g/mol. The second-order valence-electron chi connectivity index (χ2n) is 6.74. The second-order valence-corrected chi connectivity index (χ2v) is 7.85. The molecule has 1 aliphatic heterocycles. The van der Waals surface area contributed by atoms with E-state index in [-0.39, 0.29) is 27.4 Å². The smallest absolute Gasteiger partial charge is 0.273 e. The summed E-state index contributed by atoms with van der Waals surface area (Å²) in [5.41, 5.74) is 0.490. The number of nitrogens with zero attached hydrogens (tertiary/aromatic N) is 4. The topological polar surface area (TPSA) is 87.1 Å². The predicted octanol–water partition coefficient (Wildman–Crippen LogP) is 4.31. The largest absolute Gasteiger partial charge is 0.412 e. The highest BCUT2D eigenvalue weighted by Gasteiger charge is 2.38. The lowest BCUT2D eigenvalue weighted by Gasteiger charge is -2.26. The number of benzene rings is 1. The lowest BCUT2D eigenvalue weighted by atomic mass is 10.0. The van der Waals surface area contributed by atoms with Crippen molar-refractivity contribution in [1.29, 1.82) is 0 Å². The number of tetrazole rings is 1. The van der Waals surface area contributed by atoms with E-state index in [0.717, 1.165) is 11.3 Å². The average Bonchev–Trinajstić information content (AvgIpc) is 3.50. The first-order chi connectivity index (χ1) is 15.8. The third-order valence-corrected chi connectivity index (χ3v) is 5.32. The molecular formula is C22H21F6N5OS. The van der Waals surface area contributed by atoms with Gasteiger partial charge in [-0.15, -0.1) is 16.4 Å². The number of rotatable bonds is 5. The van der Waals surface area contributed by atoms with Crippen LogP contribution in [0.25, 0.3) is 0 Å². The van der Waals surface area contributed by atoms with Crippen LogP contribution in [0.2, 0.25) is 0 Å². The zero-order valence-corrected chi connectivity index (χ0v) is 18.7. The van der Waals surface area contributed by atoms with E-state index < -0.39 is 24.8 Å². The number of dihydropyridines is 1. The Labute approximate surface area is 200 Å². The molecule has 1 aliphatic rings. The van der Waals surface area contributed by atoms with E-state index in [2.05, 4.69) is 32.7 Å². The number of nitrogens with one attached hydrogen (secondary N) is 1. The van der Waals surface area contributed by atoms with E-state index in [4.69, 9.17) is 0 Å². The summed E-state index contributed by atoms with van der Waals surface area (Å²) in [5, 5.41) is 13.0. The van der Waals surface area contributed by atoms with Crippen molar-refractivity contribution in [1.82, 2.24) is 25.5 Å². The molecule has 0 radical (unpaired) electrons. The Morgan fingerprint density at radius 1 is 1.11 bits per heavy atom. The number of alkyl halides is 4. The Morgan fingerprint density at radius 3 is 2.37 bits per heavy atom. The molecule has 0 bridgehead atoms. The first-order valence-corrected chi connectivity index (χ1v) is 10.5. The molecule has 1 unspecified atom stereocenters. The van der Waals surface area contributed by atoms with Gasteiger partial charge >= 0.3 is 0 Å². The zero-order chi connectivity index (χ0) is 23.7. The fourth-order valence-electron chi connectivity index (χ4n) is 2.61. The Hall–Kier alpha value is -3.63. The maximum absolute atomic E-state index is 14.2. The molecule has 188 valence electrons. The van der Waals surface area contributed by atoms with Gasteiger partial charge in [0.15, 0.2) is 0 Å². The molecule has 2 aromatic heterocycles. The lowest BCUT2D eigenvalue weighted by molar-refractivity contribution is -0.0314. The minimum Gasteiger partial charge on any atom is -0.412 e. The summed E-state index contributed by atoms with van der Waals surface area (Å²) in [6.45, 7) is -0.00670. The van der Waals surface area contributed by atoms with Gasteiger partial charge < -0.3 is 10.8 Å². The van der Waals surface area contributed by atoms with E-state index in [9.17, 15) is 22.0 Å². The highest BCUT2D eigenvalue weighted by Crippen LogP contribution is 2.28. The first kappa shape index (κ1) is 29.4. The molecule has 35 heavy (non-hydrogen) atoms. The molecular weight excluding hydrogens is 496 g/mol. The predicted molar refractivity (Wildman–Crippen MR) is 120 cm³/mol. The van der Waals surface area contributed by atoms with Crippen LogP contribution < -0.4 is 5.32 Å². The van der Waals surface area contributed by atoms with Crippen molar-refractivity contribution in [2.24, 2.45) is 0 Å². The summed E-state index contributed by atoms with van der Waals surface area (Å²) in [4.78, 5) is 0.436. The Bertz CT molecular complexity index is 1140. The summed E-state index contributed by atoms with van der Waals surface area (Å²) in [7, 11) is 0. The van der Waals surface area contributed by atoms with E-state index in [1.807, 2.05) is 0 Å². The van der Waals surface area contributed by atoms with Crippen LogP contribution in [0.5, 0.6) is 0 Å². The molecule has 1 aromatic carbocycles. The number of hydrogen-bond donors (Lipinski definition) is 1. The fourth-order valence-corrected chi connectivity index (χ4v) is 3.33. The van der Waals surface area contributed by atoms with Crippen LogP contribution in [0.3, 0.4) is 0 Å². The van der Waals surface area contributed by atoms with Crippen LogP contribution in [0.4, 0.5) is 26.7 Å². The van der Waals surface area contributed by atoms with Crippen molar-refractivity contribution in [2.75, 3.05) is 0 Å². The first-order valence-electron chi connectivity index (χ1n) is 9.67. The van der Waals surface area contributed by atoms with Crippen LogP contribution in [-0.2, 0) is 6.54 Å². The van der Waals surface area contributed by atoms with Gasteiger partial charge in [-0.25, -0.2) is 26.6 Å². The number of thiophene rings is 1. The van der Waals surface area contributed by atoms with Crippen LogP contribution in [-0.4, -0.2) is 37.6 Å². The maximum Gasteiger partial charge on any atom is 0.273 e. The maximum atomic E-state index is 14.2. The fraction of sp³-hybridized carbons (Fsp3) is 0.227. The van der Waals surface area contributed by atoms with Crippen LogP contribution in [0, 0.1) is 17.7 Å². The molecule has 3 N–H and O–H groups in total. The van der Waals surface area contributed by atoms with Gasteiger partial charge in [0.2, 0.25) is 0 Å². The number of allylic oxidation sites excluding steroid dienone is 2. The third-order valence-electron chi connectivity index (χ3n) is 4.31. The van der Waals surface area contributed by atoms with Crippen LogP contribution >= 0.6 is 11.3 Å². The molecule has 0 aliphatic carbocycles. The molecule has 0 fully saturated rings. The van der Waals surface area contributed by atoms with E-state index in [1.54, 1.807) is 18.2 Å². The van der Waals surface area contributed by atoms with Crippen LogP contribution in [0.15, 0.2) is 72.7 Å². The molecule has 0 amide bonds. The average molecular weight is 517 g/mol. The van der Waals surface area contributed by atoms with Crippen molar-refractivity contribution >= 4 is 11.3 Å². The molecule has 0 saturated heterocycles. The van der Waals surface area contributed by atoms with Gasteiger partial charge in [-0.1, -0.05) is 36.1 Å². The third kappa shape index (κ3) is 9.26. The van der Waals surface area contributed by atoms with Gasteiger partial charge in [-0.2, -0.15) is 0 Å². The van der Waals surface area contributed by atoms with Gasteiger partial charge in [0.05, 0.1) is 16.3 Å². The van der Waals surface area contributed by atoms with Gasteiger partial charge in [0.1, 0.15) is 18.2 Å². The summed E-state index contributed by atoms with van der Waals surface area (Å²) < 4.78 is 66.7.